The summed E-state index contributed by atoms with van der Waals surface area (Å²) in [4.78, 5) is 36.8. The molecule has 0 saturated heterocycles. The Morgan fingerprint density at radius 3 is 2.32 bits per heavy atom. The molecule has 1 heterocycles. The summed E-state index contributed by atoms with van der Waals surface area (Å²) < 4.78 is 0. The van der Waals surface area contributed by atoms with Gasteiger partial charge in [-0.1, -0.05) is 30.3 Å². The second-order valence-electron chi connectivity index (χ2n) is 3.99. The number of hydrogen-bond donors (Lipinski definition) is 2. The number of imide groups is 1. The minimum atomic E-state index is -0.701. The van der Waals surface area contributed by atoms with Crippen molar-refractivity contribution in [2.24, 2.45) is 0 Å². The van der Waals surface area contributed by atoms with E-state index in [1.54, 1.807) is 6.07 Å². The zero-order valence-electron chi connectivity index (χ0n) is 10.3. The number of pyridine rings is 1. The van der Waals surface area contributed by atoms with E-state index in [0.717, 1.165) is 5.56 Å². The highest BCUT2D eigenvalue weighted by Gasteiger charge is 2.12. The van der Waals surface area contributed by atoms with E-state index in [-0.39, 0.29) is 5.56 Å². The third kappa shape index (κ3) is 2.95. The number of hydrogen-bond acceptors (Lipinski definition) is 3. The molecule has 0 unspecified atom stereocenters. The summed E-state index contributed by atoms with van der Waals surface area (Å²) in [6.07, 6.45) is 0. The molecule has 0 aliphatic heterocycles. The molecule has 2 N–H and O–H groups in total. The lowest BCUT2D eigenvalue weighted by molar-refractivity contribution is -0.118. The molecule has 0 atom stereocenters. The van der Waals surface area contributed by atoms with Crippen molar-refractivity contribution in [3.63, 3.8) is 0 Å². The first-order valence-corrected chi connectivity index (χ1v) is 5.68. The lowest BCUT2D eigenvalue weighted by atomic mass is 10.1. The molecule has 2 aromatic rings. The molecule has 0 spiro atoms. The van der Waals surface area contributed by atoms with Crippen LogP contribution in [0.4, 0.5) is 0 Å². The van der Waals surface area contributed by atoms with E-state index >= 15 is 0 Å². The van der Waals surface area contributed by atoms with Crippen molar-refractivity contribution in [1.29, 1.82) is 0 Å². The van der Waals surface area contributed by atoms with E-state index < -0.39 is 17.4 Å². The van der Waals surface area contributed by atoms with Gasteiger partial charge in [-0.05, 0) is 17.7 Å². The minimum Gasteiger partial charge on any atom is -0.321 e. The van der Waals surface area contributed by atoms with Gasteiger partial charge in [0.15, 0.2) is 0 Å². The molecule has 5 nitrogen and oxygen atoms in total. The molecule has 0 fully saturated rings. The number of rotatable bonds is 2. The van der Waals surface area contributed by atoms with Gasteiger partial charge < -0.3 is 4.98 Å². The van der Waals surface area contributed by atoms with Crippen LogP contribution in [0, 0.1) is 0 Å². The monoisotopic (exact) mass is 256 g/mol. The van der Waals surface area contributed by atoms with Gasteiger partial charge >= 0.3 is 0 Å². The molecule has 19 heavy (non-hydrogen) atoms. The van der Waals surface area contributed by atoms with Gasteiger partial charge in [-0.3, -0.25) is 19.7 Å². The van der Waals surface area contributed by atoms with Gasteiger partial charge in [0.2, 0.25) is 5.91 Å². The van der Waals surface area contributed by atoms with Crippen LogP contribution in [0.2, 0.25) is 0 Å². The van der Waals surface area contributed by atoms with E-state index in [1.165, 1.54) is 13.0 Å². The number of carbonyl (C=O) groups excluding carboxylic acids is 2. The fraction of sp³-hybridized carbons (Fsp3) is 0.0714. The molecule has 2 rings (SSSR count). The third-order valence-corrected chi connectivity index (χ3v) is 2.53. The van der Waals surface area contributed by atoms with Crippen molar-refractivity contribution in [3.05, 3.63) is 58.4 Å². The van der Waals surface area contributed by atoms with Crippen molar-refractivity contribution in [1.82, 2.24) is 10.3 Å². The van der Waals surface area contributed by atoms with Gasteiger partial charge in [0.1, 0.15) is 5.56 Å². The maximum absolute atomic E-state index is 11.8. The summed E-state index contributed by atoms with van der Waals surface area (Å²) in [5, 5.41) is 2.06. The summed E-state index contributed by atoms with van der Waals surface area (Å²) in [5.74, 6) is -1.20. The lowest BCUT2D eigenvalue weighted by Crippen LogP contribution is -2.32. The van der Waals surface area contributed by atoms with E-state index in [2.05, 4.69) is 10.3 Å². The topological polar surface area (TPSA) is 79.0 Å². The van der Waals surface area contributed by atoms with Gasteiger partial charge in [0, 0.05) is 12.6 Å². The van der Waals surface area contributed by atoms with Crippen molar-refractivity contribution in [2.45, 2.75) is 6.92 Å². The first kappa shape index (κ1) is 12.8. The van der Waals surface area contributed by atoms with E-state index in [0.29, 0.717) is 5.69 Å². The molecule has 0 bridgehead atoms. The zero-order valence-corrected chi connectivity index (χ0v) is 10.3. The number of benzene rings is 1. The zero-order chi connectivity index (χ0) is 13.8. The van der Waals surface area contributed by atoms with Crippen LogP contribution in [0.15, 0.2) is 47.3 Å². The fourth-order valence-electron chi connectivity index (χ4n) is 1.67. The quantitative estimate of drug-likeness (QED) is 0.850. The SMILES string of the molecule is CC(=O)NC(=O)c1ccc(-c2ccccc2)[nH]c1=O. The van der Waals surface area contributed by atoms with Crippen molar-refractivity contribution >= 4 is 11.8 Å². The molecular formula is C14H12N2O3. The fourth-order valence-corrected chi connectivity index (χ4v) is 1.67. The Balaban J connectivity index is 2.35. The van der Waals surface area contributed by atoms with Crippen molar-refractivity contribution in [3.8, 4) is 11.3 Å². The second kappa shape index (κ2) is 5.30. The van der Waals surface area contributed by atoms with Gasteiger partial charge in [-0.25, -0.2) is 0 Å². The third-order valence-electron chi connectivity index (χ3n) is 2.53. The molecule has 96 valence electrons. The number of carbonyl (C=O) groups is 2. The first-order chi connectivity index (χ1) is 9.08. The lowest BCUT2D eigenvalue weighted by Gasteiger charge is -2.04. The van der Waals surface area contributed by atoms with E-state index in [9.17, 15) is 14.4 Å². The summed E-state index contributed by atoms with van der Waals surface area (Å²) >= 11 is 0. The Hall–Kier alpha value is -2.69. The number of aromatic nitrogens is 1. The van der Waals surface area contributed by atoms with E-state index in [1.807, 2.05) is 30.3 Å². The van der Waals surface area contributed by atoms with Gasteiger partial charge in [-0.2, -0.15) is 0 Å². The van der Waals surface area contributed by atoms with Crippen LogP contribution in [-0.4, -0.2) is 16.8 Å². The first-order valence-electron chi connectivity index (χ1n) is 5.68. The number of H-pyrrole nitrogens is 1. The largest absolute Gasteiger partial charge is 0.321 e. The van der Waals surface area contributed by atoms with Crippen LogP contribution in [0.5, 0.6) is 0 Å². The summed E-state index contributed by atoms with van der Waals surface area (Å²) in [5.41, 5.74) is 0.845. The molecule has 0 aliphatic rings. The van der Waals surface area contributed by atoms with Gasteiger partial charge in [0.25, 0.3) is 11.5 Å². The summed E-state index contributed by atoms with van der Waals surface area (Å²) in [6, 6.07) is 12.3. The van der Waals surface area contributed by atoms with Crippen LogP contribution >= 0.6 is 0 Å². The Morgan fingerprint density at radius 1 is 1.05 bits per heavy atom. The Bertz CT molecular complexity index is 675. The Labute approximate surface area is 109 Å². The molecule has 2 amide bonds. The van der Waals surface area contributed by atoms with Crippen LogP contribution in [0.3, 0.4) is 0 Å². The van der Waals surface area contributed by atoms with Crippen molar-refractivity contribution < 1.29 is 9.59 Å². The highest BCUT2D eigenvalue weighted by atomic mass is 16.2. The van der Waals surface area contributed by atoms with Crippen molar-refractivity contribution in [2.75, 3.05) is 0 Å². The molecule has 1 aromatic heterocycles. The summed E-state index contributed by atoms with van der Waals surface area (Å²) in [7, 11) is 0. The molecule has 0 radical (unpaired) electrons. The van der Waals surface area contributed by atoms with Crippen LogP contribution in [0.25, 0.3) is 11.3 Å². The van der Waals surface area contributed by atoms with Gasteiger partial charge in [-0.15, -0.1) is 0 Å². The van der Waals surface area contributed by atoms with Crippen LogP contribution in [0.1, 0.15) is 17.3 Å². The Kier molecular flexibility index (Phi) is 3.56. The number of nitrogens with one attached hydrogen (secondary N) is 2. The molecule has 5 heteroatoms. The Morgan fingerprint density at radius 2 is 1.74 bits per heavy atom. The predicted octanol–water partition coefficient (Wildman–Crippen LogP) is 1.32. The van der Waals surface area contributed by atoms with Gasteiger partial charge in [0.05, 0.1) is 0 Å². The maximum atomic E-state index is 11.8. The molecule has 0 aliphatic carbocycles. The van der Waals surface area contributed by atoms with Crippen LogP contribution in [-0.2, 0) is 4.79 Å². The molecule has 0 saturated carbocycles. The standard InChI is InChI=1S/C14H12N2O3/c1-9(17)15-13(18)11-7-8-12(16-14(11)19)10-5-3-2-4-6-10/h2-8H,1H3,(H,16,19)(H,15,17,18). The number of aromatic amines is 1. The highest BCUT2D eigenvalue weighted by molar-refractivity contribution is 6.03. The van der Waals surface area contributed by atoms with E-state index in [4.69, 9.17) is 0 Å². The minimum absolute atomic E-state index is 0.0881. The normalized spacial score (nSPS) is 9.95. The summed E-state index contributed by atoms with van der Waals surface area (Å²) in [6.45, 7) is 1.21. The highest BCUT2D eigenvalue weighted by Crippen LogP contribution is 2.14. The molecular weight excluding hydrogens is 244 g/mol. The smallest absolute Gasteiger partial charge is 0.263 e. The number of amides is 2. The molecule has 1 aromatic carbocycles. The average molecular weight is 256 g/mol. The predicted molar refractivity (Wildman–Crippen MR) is 70.6 cm³/mol. The van der Waals surface area contributed by atoms with Crippen LogP contribution < -0.4 is 10.9 Å². The maximum Gasteiger partial charge on any atom is 0.263 e. The average Bonchev–Trinajstić information content (AvgIpc) is 2.38. The second-order valence-corrected chi connectivity index (χ2v) is 3.99.